The maximum Gasteiger partial charge on any atom is 0.338 e. The third kappa shape index (κ3) is 4.99. The van der Waals surface area contributed by atoms with E-state index in [9.17, 15) is 9.59 Å². The largest absolute Gasteiger partial charge is 0.462 e. The second-order valence-corrected chi connectivity index (χ2v) is 9.29. The number of carbonyl (C=O) groups is 2. The quantitative estimate of drug-likeness (QED) is 0.377. The Morgan fingerprint density at radius 3 is 2.53 bits per heavy atom. The van der Waals surface area contributed by atoms with Gasteiger partial charge in [0.1, 0.15) is 0 Å². The number of amides is 1. The zero-order valence-electron chi connectivity index (χ0n) is 19.9. The number of esters is 1. The Morgan fingerprint density at radius 2 is 1.82 bits per heavy atom. The smallest absolute Gasteiger partial charge is 0.338 e. The van der Waals surface area contributed by atoms with Crippen molar-refractivity contribution in [2.45, 2.75) is 34.6 Å². The first-order valence-corrected chi connectivity index (χ1v) is 11.9. The van der Waals surface area contributed by atoms with Crippen molar-refractivity contribution in [2.75, 3.05) is 6.61 Å². The summed E-state index contributed by atoms with van der Waals surface area (Å²) in [5.41, 5.74) is 7.35. The number of aliphatic imine (C=N–C) groups is 1. The van der Waals surface area contributed by atoms with E-state index in [4.69, 9.17) is 4.74 Å². The lowest BCUT2D eigenvalue weighted by molar-refractivity contribution is -0.115. The molecule has 1 aromatic heterocycles. The molecule has 0 radical (unpaired) electrons. The lowest BCUT2D eigenvalue weighted by Gasteiger charge is -2.11. The summed E-state index contributed by atoms with van der Waals surface area (Å²) in [5.74, 6) is -0.508. The highest BCUT2D eigenvalue weighted by atomic mass is 32.2. The molecule has 1 fully saturated rings. The van der Waals surface area contributed by atoms with Crippen LogP contribution >= 0.6 is 11.8 Å². The summed E-state index contributed by atoms with van der Waals surface area (Å²) in [4.78, 5) is 30.0. The first-order valence-electron chi connectivity index (χ1n) is 11.1. The van der Waals surface area contributed by atoms with Crippen molar-refractivity contribution in [1.82, 2.24) is 9.88 Å². The molecule has 1 amide bonds. The maximum absolute atomic E-state index is 12.6. The summed E-state index contributed by atoms with van der Waals surface area (Å²) in [7, 11) is 0. The van der Waals surface area contributed by atoms with Crippen molar-refractivity contribution in [3.05, 3.63) is 87.1 Å². The molecule has 1 aliphatic rings. The predicted molar refractivity (Wildman–Crippen MR) is 138 cm³/mol. The average Bonchev–Trinajstić information content (AvgIpc) is 3.25. The van der Waals surface area contributed by atoms with Gasteiger partial charge in [-0.15, -0.1) is 0 Å². The van der Waals surface area contributed by atoms with Gasteiger partial charge in [0.2, 0.25) is 0 Å². The number of aryl methyl sites for hydroxylation is 3. The van der Waals surface area contributed by atoms with E-state index >= 15 is 0 Å². The molecule has 2 aromatic carbocycles. The molecule has 2 heterocycles. The first-order chi connectivity index (χ1) is 16.2. The Bertz CT molecular complexity index is 1330. The highest BCUT2D eigenvalue weighted by Gasteiger charge is 2.25. The van der Waals surface area contributed by atoms with Gasteiger partial charge in [0.15, 0.2) is 5.17 Å². The number of amidine groups is 1. The molecule has 7 heteroatoms. The molecule has 0 atom stereocenters. The van der Waals surface area contributed by atoms with Crippen LogP contribution in [-0.2, 0) is 9.53 Å². The number of rotatable bonds is 5. The fourth-order valence-electron chi connectivity index (χ4n) is 4.07. The van der Waals surface area contributed by atoms with Crippen molar-refractivity contribution >= 4 is 40.6 Å². The van der Waals surface area contributed by atoms with Gasteiger partial charge in [-0.1, -0.05) is 12.1 Å². The molecule has 3 aromatic rings. The van der Waals surface area contributed by atoms with Crippen LogP contribution in [0.1, 0.15) is 45.4 Å². The Hall–Kier alpha value is -3.58. The number of benzene rings is 2. The van der Waals surface area contributed by atoms with E-state index in [0.29, 0.717) is 22.2 Å². The van der Waals surface area contributed by atoms with Gasteiger partial charge in [-0.2, -0.15) is 0 Å². The summed E-state index contributed by atoms with van der Waals surface area (Å²) in [6.45, 7) is 10.2. The molecule has 1 N–H and O–H groups in total. The van der Waals surface area contributed by atoms with Gasteiger partial charge in [0.05, 0.1) is 22.8 Å². The molecule has 0 spiro atoms. The van der Waals surface area contributed by atoms with Crippen molar-refractivity contribution in [3.8, 4) is 5.69 Å². The molecule has 0 unspecified atom stereocenters. The van der Waals surface area contributed by atoms with E-state index in [1.54, 1.807) is 13.0 Å². The summed E-state index contributed by atoms with van der Waals surface area (Å²) < 4.78 is 7.20. The third-order valence-electron chi connectivity index (χ3n) is 5.46. The number of hydrogen-bond donors (Lipinski definition) is 1. The predicted octanol–water partition coefficient (Wildman–Crippen LogP) is 5.78. The third-order valence-corrected chi connectivity index (χ3v) is 6.37. The van der Waals surface area contributed by atoms with Crippen molar-refractivity contribution in [2.24, 2.45) is 4.99 Å². The molecule has 1 aliphatic heterocycles. The minimum atomic E-state index is -0.344. The maximum atomic E-state index is 12.6. The second kappa shape index (κ2) is 9.73. The number of aromatic nitrogens is 1. The number of thioether (sulfide) groups is 1. The van der Waals surface area contributed by atoms with Gasteiger partial charge in [-0.3, -0.25) is 4.79 Å². The van der Waals surface area contributed by atoms with E-state index < -0.39 is 0 Å². The number of nitrogens with zero attached hydrogens (tertiary/aromatic N) is 2. The topological polar surface area (TPSA) is 72.7 Å². The molecular weight excluding hydrogens is 446 g/mol. The van der Waals surface area contributed by atoms with Crippen molar-refractivity contribution < 1.29 is 14.3 Å². The van der Waals surface area contributed by atoms with E-state index in [2.05, 4.69) is 20.9 Å². The van der Waals surface area contributed by atoms with Crippen molar-refractivity contribution in [3.63, 3.8) is 0 Å². The number of nitrogens with one attached hydrogen (secondary N) is 1. The van der Waals surface area contributed by atoms with Crippen molar-refractivity contribution in [1.29, 1.82) is 0 Å². The monoisotopic (exact) mass is 473 g/mol. The van der Waals surface area contributed by atoms with Crippen LogP contribution in [-0.4, -0.2) is 28.2 Å². The summed E-state index contributed by atoms with van der Waals surface area (Å²) in [5, 5.41) is 3.43. The zero-order chi connectivity index (χ0) is 24.4. The highest BCUT2D eigenvalue weighted by molar-refractivity contribution is 8.18. The second-order valence-electron chi connectivity index (χ2n) is 8.26. The standard InChI is InChI=1S/C27H27N3O3S/c1-6-33-26(32)20-8-7-9-23(14-20)30-18(4)13-21(19(30)5)15-24-25(31)29-27(34-24)28-22-11-16(2)10-17(3)12-22/h7-15H,6H2,1-5H3,(H,28,29,31)/b24-15-. The SMILES string of the molecule is CCOC(=O)c1cccc(-n2c(C)cc(/C=C3\SC(=Nc4cc(C)cc(C)c4)NC3=O)c2C)c1. The molecule has 0 aliphatic carbocycles. The Balaban J connectivity index is 1.63. The first kappa shape index (κ1) is 23.6. The van der Waals surface area contributed by atoms with Gasteiger partial charge in [-0.25, -0.2) is 9.79 Å². The van der Waals surface area contributed by atoms with Crippen LogP contribution in [0.2, 0.25) is 0 Å². The van der Waals surface area contributed by atoms with Crippen LogP contribution in [0.4, 0.5) is 5.69 Å². The zero-order valence-corrected chi connectivity index (χ0v) is 20.7. The van der Waals surface area contributed by atoms with Gasteiger partial charge in [0.25, 0.3) is 5.91 Å². The van der Waals surface area contributed by atoms with Gasteiger partial charge >= 0.3 is 5.97 Å². The number of carbonyl (C=O) groups excluding carboxylic acids is 2. The van der Waals surface area contributed by atoms with Crippen LogP contribution in [0.25, 0.3) is 11.8 Å². The summed E-state index contributed by atoms with van der Waals surface area (Å²) >= 11 is 1.33. The van der Waals surface area contributed by atoms with Crippen LogP contribution in [0.15, 0.2) is 58.4 Å². The summed E-state index contributed by atoms with van der Waals surface area (Å²) in [6, 6.07) is 15.5. The molecule has 174 valence electrons. The van der Waals surface area contributed by atoms with E-state index in [-0.39, 0.29) is 11.9 Å². The minimum absolute atomic E-state index is 0.165. The normalized spacial score (nSPS) is 15.7. The molecule has 6 nitrogen and oxygen atoms in total. The van der Waals surface area contributed by atoms with Gasteiger partial charge in [-0.05, 0) is 106 Å². The molecular formula is C27H27N3O3S. The number of ether oxygens (including phenoxy) is 1. The lowest BCUT2D eigenvalue weighted by atomic mass is 10.1. The Labute approximate surface area is 203 Å². The fraction of sp³-hybridized carbons (Fsp3) is 0.222. The average molecular weight is 474 g/mol. The molecule has 34 heavy (non-hydrogen) atoms. The van der Waals surface area contributed by atoms with Crippen LogP contribution in [0.3, 0.4) is 0 Å². The van der Waals surface area contributed by atoms with Crippen LogP contribution < -0.4 is 5.32 Å². The Morgan fingerprint density at radius 1 is 1.09 bits per heavy atom. The fourth-order valence-corrected chi connectivity index (χ4v) is 4.90. The van der Waals surface area contributed by atoms with Gasteiger partial charge < -0.3 is 14.6 Å². The van der Waals surface area contributed by atoms with E-state index in [0.717, 1.165) is 39.5 Å². The number of hydrogen-bond acceptors (Lipinski definition) is 5. The van der Waals surface area contributed by atoms with Crippen LogP contribution in [0, 0.1) is 27.7 Å². The molecule has 4 rings (SSSR count). The molecule has 0 bridgehead atoms. The molecule has 1 saturated heterocycles. The molecule has 0 saturated carbocycles. The Kier molecular flexibility index (Phi) is 6.75. The highest BCUT2D eigenvalue weighted by Crippen LogP contribution is 2.31. The lowest BCUT2D eigenvalue weighted by Crippen LogP contribution is -2.19. The van der Waals surface area contributed by atoms with E-state index in [1.165, 1.54) is 11.8 Å². The van der Waals surface area contributed by atoms with Crippen LogP contribution in [0.5, 0.6) is 0 Å². The van der Waals surface area contributed by atoms with E-state index in [1.807, 2.05) is 70.2 Å². The van der Waals surface area contributed by atoms with Gasteiger partial charge in [0, 0.05) is 17.1 Å². The minimum Gasteiger partial charge on any atom is -0.462 e. The summed E-state index contributed by atoms with van der Waals surface area (Å²) in [6.07, 6.45) is 1.89.